The van der Waals surface area contributed by atoms with Gasteiger partial charge in [-0.1, -0.05) is 0 Å². The second-order valence-electron chi connectivity index (χ2n) is 6.13. The maximum Gasteiger partial charge on any atom is 0.134 e. The zero-order valence-corrected chi connectivity index (χ0v) is 14.1. The average molecular weight is 301 g/mol. The largest absolute Gasteiger partial charge is 0.485 e. The molecule has 1 aromatic carbocycles. The van der Waals surface area contributed by atoms with Crippen molar-refractivity contribution in [2.45, 2.75) is 39.8 Å². The third-order valence-corrected chi connectivity index (χ3v) is 5.52. The molecular weight excluding hydrogens is 278 g/mol. The number of nitrogens with zero attached hydrogens (tertiary/aromatic N) is 1. The van der Waals surface area contributed by atoms with Gasteiger partial charge in [0, 0.05) is 24.4 Å². The Morgan fingerprint density at radius 2 is 1.90 bits per heavy atom. The van der Waals surface area contributed by atoms with Crippen LogP contribution in [0.25, 0.3) is 0 Å². The molecule has 0 amide bonds. The maximum absolute atomic E-state index is 6.37. The van der Waals surface area contributed by atoms with E-state index in [2.05, 4.69) is 56.3 Å². The second-order valence-corrected chi connectivity index (χ2v) is 7.07. The van der Waals surface area contributed by atoms with Gasteiger partial charge in [-0.05, 0) is 73.7 Å². The molecule has 112 valence electrons. The van der Waals surface area contributed by atoms with E-state index in [9.17, 15) is 0 Å². The zero-order chi connectivity index (χ0) is 15.0. The molecule has 0 spiro atoms. The molecule has 0 fully saturated rings. The molecule has 1 aliphatic heterocycles. The molecular formula is C18H23NOS. The highest BCUT2D eigenvalue weighted by Gasteiger charge is 2.23. The summed E-state index contributed by atoms with van der Waals surface area (Å²) in [6.45, 7) is 8.60. The van der Waals surface area contributed by atoms with Crippen LogP contribution in [0.1, 0.15) is 39.7 Å². The van der Waals surface area contributed by atoms with Crippen molar-refractivity contribution in [2.75, 3.05) is 13.6 Å². The fourth-order valence-corrected chi connectivity index (χ4v) is 3.92. The van der Waals surface area contributed by atoms with Gasteiger partial charge in [-0.15, -0.1) is 11.3 Å². The Hall–Kier alpha value is -1.32. The molecule has 0 radical (unpaired) electrons. The average Bonchev–Trinajstić information content (AvgIpc) is 2.83. The SMILES string of the molecule is Cc1cc(OC2CCN(C)Cc3ccsc32)cc(C)c1C. The number of hydrogen-bond acceptors (Lipinski definition) is 3. The van der Waals surface area contributed by atoms with Gasteiger partial charge in [0.15, 0.2) is 0 Å². The summed E-state index contributed by atoms with van der Waals surface area (Å²) in [5.41, 5.74) is 5.40. The Labute approximate surface area is 131 Å². The predicted molar refractivity (Wildman–Crippen MR) is 89.3 cm³/mol. The highest BCUT2D eigenvalue weighted by atomic mass is 32.1. The van der Waals surface area contributed by atoms with Gasteiger partial charge >= 0.3 is 0 Å². The van der Waals surface area contributed by atoms with Crippen LogP contribution >= 0.6 is 11.3 Å². The van der Waals surface area contributed by atoms with E-state index < -0.39 is 0 Å². The standard InChI is InChI=1S/C18H23NOS/c1-12-9-16(10-13(2)14(12)3)20-17-5-7-19(4)11-15-6-8-21-18(15)17/h6,8-10,17H,5,7,11H2,1-4H3. The highest BCUT2D eigenvalue weighted by Crippen LogP contribution is 2.35. The molecule has 0 N–H and O–H groups in total. The molecule has 0 bridgehead atoms. The van der Waals surface area contributed by atoms with Gasteiger partial charge in [0.05, 0.1) is 0 Å². The number of aryl methyl sites for hydroxylation is 2. The van der Waals surface area contributed by atoms with E-state index in [-0.39, 0.29) is 6.10 Å². The molecule has 1 aromatic heterocycles. The second kappa shape index (κ2) is 5.82. The van der Waals surface area contributed by atoms with Crippen LogP contribution in [-0.2, 0) is 6.54 Å². The minimum Gasteiger partial charge on any atom is -0.485 e. The lowest BCUT2D eigenvalue weighted by Gasteiger charge is -2.19. The molecule has 21 heavy (non-hydrogen) atoms. The summed E-state index contributed by atoms with van der Waals surface area (Å²) < 4.78 is 6.37. The fourth-order valence-electron chi connectivity index (χ4n) is 2.94. The van der Waals surface area contributed by atoms with E-state index in [1.54, 1.807) is 0 Å². The van der Waals surface area contributed by atoms with Crippen LogP contribution in [0.15, 0.2) is 23.6 Å². The van der Waals surface area contributed by atoms with Crippen molar-refractivity contribution in [3.8, 4) is 5.75 Å². The van der Waals surface area contributed by atoms with E-state index >= 15 is 0 Å². The van der Waals surface area contributed by atoms with Gasteiger partial charge in [-0.2, -0.15) is 0 Å². The first-order valence-corrected chi connectivity index (χ1v) is 8.42. The summed E-state index contributed by atoms with van der Waals surface area (Å²) in [7, 11) is 2.18. The van der Waals surface area contributed by atoms with E-state index in [0.717, 1.165) is 25.3 Å². The minimum atomic E-state index is 0.187. The van der Waals surface area contributed by atoms with Crippen LogP contribution in [0, 0.1) is 20.8 Å². The fraction of sp³-hybridized carbons (Fsp3) is 0.444. The lowest BCUT2D eigenvalue weighted by atomic mass is 10.0. The highest BCUT2D eigenvalue weighted by molar-refractivity contribution is 7.10. The first kappa shape index (κ1) is 14.6. The lowest BCUT2D eigenvalue weighted by Crippen LogP contribution is -2.18. The molecule has 0 saturated carbocycles. The monoisotopic (exact) mass is 301 g/mol. The van der Waals surface area contributed by atoms with Crippen LogP contribution in [0.2, 0.25) is 0 Å². The van der Waals surface area contributed by atoms with Crippen molar-refractivity contribution in [1.82, 2.24) is 4.90 Å². The third kappa shape index (κ3) is 2.99. The summed E-state index contributed by atoms with van der Waals surface area (Å²) >= 11 is 1.83. The van der Waals surface area contributed by atoms with Crippen molar-refractivity contribution < 1.29 is 4.74 Å². The number of fused-ring (bicyclic) bond motifs is 1. The van der Waals surface area contributed by atoms with E-state index in [1.807, 2.05) is 11.3 Å². The smallest absolute Gasteiger partial charge is 0.134 e. The predicted octanol–water partition coefficient (Wildman–Crippen LogP) is 4.63. The van der Waals surface area contributed by atoms with Gasteiger partial charge in [0.1, 0.15) is 11.9 Å². The number of rotatable bonds is 2. The first-order chi connectivity index (χ1) is 10.0. The van der Waals surface area contributed by atoms with Crippen molar-refractivity contribution in [1.29, 1.82) is 0 Å². The Morgan fingerprint density at radius 3 is 2.62 bits per heavy atom. The van der Waals surface area contributed by atoms with Crippen LogP contribution in [-0.4, -0.2) is 18.5 Å². The van der Waals surface area contributed by atoms with Crippen molar-refractivity contribution >= 4 is 11.3 Å². The summed E-state index contributed by atoms with van der Waals surface area (Å²) in [6, 6.07) is 6.58. The topological polar surface area (TPSA) is 12.5 Å². The molecule has 0 saturated heterocycles. The normalized spacial score (nSPS) is 19.1. The molecule has 1 aliphatic rings. The van der Waals surface area contributed by atoms with Gasteiger partial charge in [0.25, 0.3) is 0 Å². The van der Waals surface area contributed by atoms with Crippen LogP contribution < -0.4 is 4.74 Å². The Kier molecular flexibility index (Phi) is 4.05. The van der Waals surface area contributed by atoms with Gasteiger partial charge in [-0.25, -0.2) is 0 Å². The van der Waals surface area contributed by atoms with E-state index in [1.165, 1.54) is 27.1 Å². The van der Waals surface area contributed by atoms with E-state index in [0.29, 0.717) is 0 Å². The van der Waals surface area contributed by atoms with Crippen molar-refractivity contribution in [3.63, 3.8) is 0 Å². The quantitative estimate of drug-likeness (QED) is 0.802. The molecule has 2 aromatic rings. The minimum absolute atomic E-state index is 0.187. The molecule has 3 rings (SSSR count). The lowest BCUT2D eigenvalue weighted by molar-refractivity contribution is 0.185. The summed E-state index contributed by atoms with van der Waals surface area (Å²) in [4.78, 5) is 3.77. The summed E-state index contributed by atoms with van der Waals surface area (Å²) in [5.74, 6) is 1.00. The van der Waals surface area contributed by atoms with Gasteiger partial charge < -0.3 is 9.64 Å². The Morgan fingerprint density at radius 1 is 1.19 bits per heavy atom. The van der Waals surface area contributed by atoms with Gasteiger partial charge in [-0.3, -0.25) is 0 Å². The zero-order valence-electron chi connectivity index (χ0n) is 13.3. The molecule has 2 heterocycles. The molecule has 1 unspecified atom stereocenters. The van der Waals surface area contributed by atoms with Crippen molar-refractivity contribution in [3.05, 3.63) is 50.7 Å². The summed E-state index contributed by atoms with van der Waals surface area (Å²) in [5, 5.41) is 2.19. The molecule has 2 nitrogen and oxygen atoms in total. The van der Waals surface area contributed by atoms with Gasteiger partial charge in [0.2, 0.25) is 0 Å². The Balaban J connectivity index is 1.88. The van der Waals surface area contributed by atoms with E-state index in [4.69, 9.17) is 4.74 Å². The molecule has 3 heteroatoms. The van der Waals surface area contributed by atoms with Crippen LogP contribution in [0.4, 0.5) is 0 Å². The third-order valence-electron chi connectivity index (χ3n) is 4.47. The van der Waals surface area contributed by atoms with Crippen molar-refractivity contribution in [2.24, 2.45) is 0 Å². The Bertz CT molecular complexity index is 623. The van der Waals surface area contributed by atoms with Crippen LogP contribution in [0.5, 0.6) is 5.75 Å². The maximum atomic E-state index is 6.37. The number of thiophene rings is 1. The molecule has 1 atom stereocenters. The summed E-state index contributed by atoms with van der Waals surface area (Å²) in [6.07, 6.45) is 1.24. The number of benzene rings is 1. The number of hydrogen-bond donors (Lipinski definition) is 0. The van der Waals surface area contributed by atoms with Crippen LogP contribution in [0.3, 0.4) is 0 Å². The number of ether oxygens (including phenoxy) is 1. The molecule has 0 aliphatic carbocycles. The first-order valence-electron chi connectivity index (χ1n) is 7.54.